The van der Waals surface area contributed by atoms with Crippen molar-refractivity contribution in [3.05, 3.63) is 89.2 Å². The van der Waals surface area contributed by atoms with Gasteiger partial charge in [-0.1, -0.05) is 36.4 Å². The summed E-state index contributed by atoms with van der Waals surface area (Å²) in [6.45, 7) is 2.04. The highest BCUT2D eigenvalue weighted by atomic mass is 16.2. The molecule has 1 aliphatic rings. The van der Waals surface area contributed by atoms with E-state index in [1.165, 1.54) is 17.5 Å². The maximum Gasteiger partial charge on any atom is 0.293 e. The predicted octanol–water partition coefficient (Wildman–Crippen LogP) is 5.81. The molecule has 5 nitrogen and oxygen atoms in total. The minimum atomic E-state index is -0.294. The van der Waals surface area contributed by atoms with Gasteiger partial charge in [0.25, 0.3) is 5.91 Å². The van der Waals surface area contributed by atoms with Gasteiger partial charge in [0, 0.05) is 16.8 Å². The predicted molar refractivity (Wildman–Crippen MR) is 125 cm³/mol. The van der Waals surface area contributed by atoms with Crippen molar-refractivity contribution in [2.45, 2.75) is 32.6 Å². The lowest BCUT2D eigenvalue weighted by atomic mass is 9.90. The molecule has 0 aliphatic heterocycles. The van der Waals surface area contributed by atoms with Crippen molar-refractivity contribution in [3.63, 3.8) is 0 Å². The van der Waals surface area contributed by atoms with Crippen molar-refractivity contribution >= 4 is 34.0 Å². The number of carbonyl (C=O) groups is 1. The van der Waals surface area contributed by atoms with E-state index in [4.69, 9.17) is 0 Å². The van der Waals surface area contributed by atoms with Gasteiger partial charge in [0.2, 0.25) is 5.82 Å². The van der Waals surface area contributed by atoms with Crippen LogP contribution in [0.3, 0.4) is 0 Å². The fourth-order valence-corrected chi connectivity index (χ4v) is 4.21. The molecule has 1 aliphatic carbocycles. The lowest BCUT2D eigenvalue weighted by Gasteiger charge is -2.19. The first-order valence-corrected chi connectivity index (χ1v) is 10.7. The van der Waals surface area contributed by atoms with Gasteiger partial charge >= 0.3 is 0 Å². The van der Waals surface area contributed by atoms with Gasteiger partial charge < -0.3 is 10.6 Å². The van der Waals surface area contributed by atoms with E-state index in [1.807, 2.05) is 67.6 Å². The second kappa shape index (κ2) is 8.19. The first-order valence-electron chi connectivity index (χ1n) is 10.7. The van der Waals surface area contributed by atoms with E-state index in [2.05, 4.69) is 26.7 Å². The molecule has 0 saturated carbocycles. The summed E-state index contributed by atoms with van der Waals surface area (Å²) in [4.78, 5) is 22.3. The third kappa shape index (κ3) is 3.99. The van der Waals surface area contributed by atoms with Gasteiger partial charge in [0.15, 0.2) is 0 Å². The normalized spacial score (nSPS) is 12.9. The molecule has 0 unspecified atom stereocenters. The molecule has 1 aromatic heterocycles. The number of carbonyl (C=O) groups excluding carboxylic acids is 1. The number of anilines is 3. The summed E-state index contributed by atoms with van der Waals surface area (Å²) in [7, 11) is 0. The highest BCUT2D eigenvalue weighted by Gasteiger charge is 2.18. The zero-order valence-electron chi connectivity index (χ0n) is 17.5. The number of benzene rings is 3. The number of para-hydroxylation sites is 1. The Hall–Kier alpha value is -3.73. The summed E-state index contributed by atoms with van der Waals surface area (Å²) in [5, 5.41) is 7.30. The van der Waals surface area contributed by atoms with E-state index < -0.39 is 0 Å². The van der Waals surface area contributed by atoms with Gasteiger partial charge in [0.05, 0.1) is 5.52 Å². The number of aromatic nitrogens is 2. The van der Waals surface area contributed by atoms with Crippen molar-refractivity contribution in [3.8, 4) is 0 Å². The van der Waals surface area contributed by atoms with Gasteiger partial charge in [-0.2, -0.15) is 0 Å². The van der Waals surface area contributed by atoms with Crippen LogP contribution >= 0.6 is 0 Å². The lowest BCUT2D eigenvalue weighted by molar-refractivity contribution is 0.101. The monoisotopic (exact) mass is 408 g/mol. The second-order valence-corrected chi connectivity index (χ2v) is 8.01. The van der Waals surface area contributed by atoms with Crippen LogP contribution in [0.2, 0.25) is 0 Å². The number of aryl methyl sites for hydroxylation is 2. The topological polar surface area (TPSA) is 66.9 Å². The lowest BCUT2D eigenvalue weighted by Crippen LogP contribution is -2.18. The molecule has 1 heterocycles. The van der Waals surface area contributed by atoms with E-state index >= 15 is 0 Å². The third-order valence-electron chi connectivity index (χ3n) is 5.73. The molecule has 5 heteroatoms. The number of nitrogens with zero attached hydrogens (tertiary/aromatic N) is 2. The Morgan fingerprint density at radius 1 is 0.903 bits per heavy atom. The molecule has 4 aromatic rings. The Balaban J connectivity index is 1.51. The van der Waals surface area contributed by atoms with Gasteiger partial charge in [0.1, 0.15) is 5.82 Å². The van der Waals surface area contributed by atoms with Crippen molar-refractivity contribution in [2.75, 3.05) is 10.6 Å². The average Bonchev–Trinajstić information content (AvgIpc) is 2.79. The van der Waals surface area contributed by atoms with E-state index in [-0.39, 0.29) is 11.7 Å². The van der Waals surface area contributed by atoms with Crippen LogP contribution in [-0.2, 0) is 12.8 Å². The van der Waals surface area contributed by atoms with E-state index in [9.17, 15) is 4.79 Å². The van der Waals surface area contributed by atoms with Crippen LogP contribution in [0.25, 0.3) is 10.9 Å². The fraction of sp³-hybridized carbons (Fsp3) is 0.192. The van der Waals surface area contributed by atoms with Crippen LogP contribution in [-0.4, -0.2) is 15.9 Å². The van der Waals surface area contributed by atoms with Crippen LogP contribution in [0.15, 0.2) is 66.7 Å². The van der Waals surface area contributed by atoms with Crippen molar-refractivity contribution in [1.82, 2.24) is 9.97 Å². The highest BCUT2D eigenvalue weighted by molar-refractivity contribution is 6.04. The average molecular weight is 409 g/mol. The highest BCUT2D eigenvalue weighted by Crippen LogP contribution is 2.29. The van der Waals surface area contributed by atoms with E-state index in [0.29, 0.717) is 5.82 Å². The number of hydrogen-bond donors (Lipinski definition) is 2. The fourth-order valence-electron chi connectivity index (χ4n) is 4.21. The molecule has 3 aromatic carbocycles. The quantitative estimate of drug-likeness (QED) is 0.447. The number of hydrogen-bond acceptors (Lipinski definition) is 4. The molecule has 0 radical (unpaired) electrons. The first kappa shape index (κ1) is 19.2. The first-order chi connectivity index (χ1) is 15.2. The van der Waals surface area contributed by atoms with Crippen LogP contribution in [0, 0.1) is 6.92 Å². The standard InChI is InChI=1S/C26H24N4O/c1-17-8-6-11-19(16-17)27-24-21-13-4-5-14-23(21)28-25(30-24)26(31)29-22-15-7-10-18-9-2-3-12-20(18)22/h4-8,10-11,13-16H,2-3,9,12H2,1H3,(H,29,31)(H,27,28,30). The van der Waals surface area contributed by atoms with Crippen molar-refractivity contribution < 1.29 is 4.79 Å². The molecule has 5 rings (SSSR count). The number of amides is 1. The molecule has 0 spiro atoms. The smallest absolute Gasteiger partial charge is 0.293 e. The minimum Gasteiger partial charge on any atom is -0.340 e. The Kier molecular flexibility index (Phi) is 5.08. The summed E-state index contributed by atoms with van der Waals surface area (Å²) in [6.07, 6.45) is 4.41. The van der Waals surface area contributed by atoms with Crippen LogP contribution in [0.1, 0.15) is 40.2 Å². The molecule has 0 fully saturated rings. The summed E-state index contributed by atoms with van der Waals surface area (Å²) in [5.41, 5.74) is 6.23. The van der Waals surface area contributed by atoms with Gasteiger partial charge in [-0.05, 0) is 79.6 Å². The molecule has 0 saturated heterocycles. The zero-order valence-corrected chi connectivity index (χ0v) is 17.5. The molecular weight excluding hydrogens is 384 g/mol. The SMILES string of the molecule is Cc1cccc(Nc2nc(C(=O)Nc3cccc4c3CCCC4)nc3ccccc23)c1. The summed E-state index contributed by atoms with van der Waals surface area (Å²) < 4.78 is 0. The summed E-state index contributed by atoms with van der Waals surface area (Å²) in [5.74, 6) is 0.482. The Morgan fingerprint density at radius 2 is 1.74 bits per heavy atom. The van der Waals surface area contributed by atoms with Crippen LogP contribution in [0.4, 0.5) is 17.2 Å². The summed E-state index contributed by atoms with van der Waals surface area (Å²) >= 11 is 0. The second-order valence-electron chi connectivity index (χ2n) is 8.01. The Bertz CT molecular complexity index is 1280. The minimum absolute atomic E-state index is 0.155. The maximum absolute atomic E-state index is 13.1. The van der Waals surface area contributed by atoms with Gasteiger partial charge in [-0.3, -0.25) is 4.79 Å². The van der Waals surface area contributed by atoms with Crippen molar-refractivity contribution in [1.29, 1.82) is 0 Å². The molecular formula is C26H24N4O. The number of rotatable bonds is 4. The number of fused-ring (bicyclic) bond motifs is 2. The molecule has 154 valence electrons. The van der Waals surface area contributed by atoms with Crippen LogP contribution in [0.5, 0.6) is 0 Å². The van der Waals surface area contributed by atoms with Gasteiger partial charge in [-0.25, -0.2) is 9.97 Å². The van der Waals surface area contributed by atoms with E-state index in [1.54, 1.807) is 0 Å². The van der Waals surface area contributed by atoms with Crippen LogP contribution < -0.4 is 10.6 Å². The summed E-state index contributed by atoms with van der Waals surface area (Å²) in [6, 6.07) is 21.9. The maximum atomic E-state index is 13.1. The Labute approximate surface area is 181 Å². The Morgan fingerprint density at radius 3 is 2.65 bits per heavy atom. The molecule has 1 amide bonds. The molecule has 2 N–H and O–H groups in total. The van der Waals surface area contributed by atoms with Gasteiger partial charge in [-0.15, -0.1) is 0 Å². The molecule has 31 heavy (non-hydrogen) atoms. The largest absolute Gasteiger partial charge is 0.340 e. The molecule has 0 bridgehead atoms. The third-order valence-corrected chi connectivity index (χ3v) is 5.73. The zero-order chi connectivity index (χ0) is 21.2. The molecule has 0 atom stereocenters. The van der Waals surface area contributed by atoms with Crippen molar-refractivity contribution in [2.24, 2.45) is 0 Å². The van der Waals surface area contributed by atoms with E-state index in [0.717, 1.165) is 47.1 Å². The number of nitrogens with one attached hydrogen (secondary N) is 2.